The second kappa shape index (κ2) is 5.25. The van der Waals surface area contributed by atoms with Gasteiger partial charge in [0, 0.05) is 25.0 Å². The van der Waals surface area contributed by atoms with E-state index in [1.165, 1.54) is 5.84 Å². The molecule has 78 valence electrons. The Kier molecular flexibility index (Phi) is 5.04. The molecule has 0 unspecified atom stereocenters. The predicted octanol–water partition coefficient (Wildman–Crippen LogP) is 2.79. The first-order chi connectivity index (χ1) is 5.91. The molecule has 0 aliphatic heterocycles. The summed E-state index contributed by atoms with van der Waals surface area (Å²) in [5.41, 5.74) is 0. The molecule has 0 aromatic rings. The van der Waals surface area contributed by atoms with E-state index in [0.717, 1.165) is 0 Å². The van der Waals surface area contributed by atoms with Crippen LogP contribution in [0.1, 0.15) is 41.5 Å². The van der Waals surface area contributed by atoms with Gasteiger partial charge in [-0.05, 0) is 27.7 Å². The first kappa shape index (κ1) is 12.5. The summed E-state index contributed by atoms with van der Waals surface area (Å²) in [5, 5.41) is 0. The van der Waals surface area contributed by atoms with Crippen molar-refractivity contribution >= 4 is 5.84 Å². The highest BCUT2D eigenvalue weighted by Gasteiger charge is 2.19. The molecule has 0 aromatic carbocycles. The molecule has 0 bridgehead atoms. The summed E-state index contributed by atoms with van der Waals surface area (Å²) in [6, 6.07) is 1.06. The lowest BCUT2D eigenvalue weighted by Gasteiger charge is -2.35. The Bertz CT molecular complexity index is 161. The van der Waals surface area contributed by atoms with E-state index >= 15 is 0 Å². The minimum atomic E-state index is 0.509. The van der Waals surface area contributed by atoms with Crippen LogP contribution in [0.2, 0.25) is 0 Å². The lowest BCUT2D eigenvalue weighted by molar-refractivity contribution is 0.279. The van der Waals surface area contributed by atoms with E-state index in [-0.39, 0.29) is 0 Å². The largest absolute Gasteiger partial charge is 0.355 e. The molecule has 0 aromatic heterocycles. The lowest BCUT2D eigenvalue weighted by atomic mass is 10.1. The van der Waals surface area contributed by atoms with E-state index in [9.17, 15) is 0 Å². The summed E-state index contributed by atoms with van der Waals surface area (Å²) in [6.45, 7) is 13.3. The molecule has 0 heterocycles. The van der Waals surface area contributed by atoms with E-state index in [4.69, 9.17) is 0 Å². The molecule has 0 rings (SSSR count). The molecule has 0 radical (unpaired) electrons. The Balaban J connectivity index is 4.71. The molecule has 0 spiro atoms. The van der Waals surface area contributed by atoms with Crippen LogP contribution >= 0.6 is 0 Å². The number of nitrogens with zero attached hydrogens (tertiary/aromatic N) is 2. The maximum absolute atomic E-state index is 4.37. The minimum absolute atomic E-state index is 0.509. The molecule has 0 atom stereocenters. The van der Waals surface area contributed by atoms with Gasteiger partial charge in [0.05, 0.1) is 0 Å². The molecule has 0 aliphatic rings. The van der Waals surface area contributed by atoms with Gasteiger partial charge in [-0.3, -0.25) is 4.99 Å². The maximum Gasteiger partial charge on any atom is 0.102 e. The monoisotopic (exact) mass is 184 g/mol. The molecule has 0 aliphatic carbocycles. The summed E-state index contributed by atoms with van der Waals surface area (Å²) in [4.78, 5) is 6.75. The SMILES string of the molecule is C/N=C(/C(C)C)N(C(C)C)C(C)C. The Labute approximate surface area is 83.0 Å². The normalized spacial score (nSPS) is 13.2. The van der Waals surface area contributed by atoms with Gasteiger partial charge in [-0.1, -0.05) is 13.8 Å². The zero-order chi connectivity index (χ0) is 10.6. The van der Waals surface area contributed by atoms with Crippen LogP contribution in [0.25, 0.3) is 0 Å². The third-order valence-corrected chi connectivity index (χ3v) is 2.12. The van der Waals surface area contributed by atoms with Crippen LogP contribution in [0, 0.1) is 5.92 Å². The van der Waals surface area contributed by atoms with Gasteiger partial charge in [0.15, 0.2) is 0 Å². The topological polar surface area (TPSA) is 15.6 Å². The highest BCUT2D eigenvalue weighted by atomic mass is 15.2. The lowest BCUT2D eigenvalue weighted by Crippen LogP contribution is -2.44. The van der Waals surface area contributed by atoms with Crippen molar-refractivity contribution in [2.45, 2.75) is 53.6 Å². The van der Waals surface area contributed by atoms with E-state index in [1.54, 1.807) is 0 Å². The van der Waals surface area contributed by atoms with Crippen molar-refractivity contribution in [2.24, 2.45) is 10.9 Å². The Morgan fingerprint density at radius 3 is 1.38 bits per heavy atom. The summed E-state index contributed by atoms with van der Waals surface area (Å²) in [7, 11) is 1.88. The van der Waals surface area contributed by atoms with E-state index in [0.29, 0.717) is 18.0 Å². The fraction of sp³-hybridized carbons (Fsp3) is 0.909. The zero-order valence-corrected chi connectivity index (χ0v) is 10.1. The Morgan fingerprint density at radius 2 is 1.31 bits per heavy atom. The quantitative estimate of drug-likeness (QED) is 0.486. The van der Waals surface area contributed by atoms with Gasteiger partial charge in [0.2, 0.25) is 0 Å². The Morgan fingerprint density at radius 1 is 0.923 bits per heavy atom. The smallest absolute Gasteiger partial charge is 0.102 e. The van der Waals surface area contributed by atoms with Crippen LogP contribution in [-0.2, 0) is 0 Å². The van der Waals surface area contributed by atoms with Crippen molar-refractivity contribution in [3.63, 3.8) is 0 Å². The molecule has 2 heteroatoms. The van der Waals surface area contributed by atoms with Crippen LogP contribution in [-0.4, -0.2) is 29.9 Å². The average molecular weight is 184 g/mol. The molecule has 0 saturated heterocycles. The second-order valence-corrected chi connectivity index (χ2v) is 4.33. The third kappa shape index (κ3) is 3.37. The van der Waals surface area contributed by atoms with Crippen LogP contribution in [0.3, 0.4) is 0 Å². The van der Waals surface area contributed by atoms with Crippen molar-refractivity contribution in [2.75, 3.05) is 7.05 Å². The fourth-order valence-electron chi connectivity index (χ4n) is 1.80. The van der Waals surface area contributed by atoms with Crippen molar-refractivity contribution in [3.8, 4) is 0 Å². The average Bonchev–Trinajstić information content (AvgIpc) is 1.97. The summed E-state index contributed by atoms with van der Waals surface area (Å²) in [5.74, 6) is 1.72. The van der Waals surface area contributed by atoms with Crippen LogP contribution in [0.4, 0.5) is 0 Å². The summed E-state index contributed by atoms with van der Waals surface area (Å²) < 4.78 is 0. The molecule has 0 saturated carbocycles. The van der Waals surface area contributed by atoms with Gasteiger partial charge in [0.1, 0.15) is 5.84 Å². The first-order valence-corrected chi connectivity index (χ1v) is 5.16. The number of hydrogen-bond acceptors (Lipinski definition) is 1. The molecular weight excluding hydrogens is 160 g/mol. The van der Waals surface area contributed by atoms with Crippen molar-refractivity contribution in [1.82, 2.24) is 4.90 Å². The van der Waals surface area contributed by atoms with Gasteiger partial charge in [0.25, 0.3) is 0 Å². The van der Waals surface area contributed by atoms with Gasteiger partial charge in [-0.2, -0.15) is 0 Å². The van der Waals surface area contributed by atoms with Crippen LogP contribution in [0.5, 0.6) is 0 Å². The summed E-state index contributed by atoms with van der Waals surface area (Å²) in [6.07, 6.45) is 0. The molecular formula is C11H24N2. The zero-order valence-electron chi connectivity index (χ0n) is 10.1. The van der Waals surface area contributed by atoms with Crippen LogP contribution < -0.4 is 0 Å². The molecule has 0 fully saturated rings. The third-order valence-electron chi connectivity index (χ3n) is 2.12. The number of amidine groups is 1. The predicted molar refractivity (Wildman–Crippen MR) is 60.3 cm³/mol. The highest BCUT2D eigenvalue weighted by Crippen LogP contribution is 2.12. The van der Waals surface area contributed by atoms with Gasteiger partial charge in [-0.15, -0.1) is 0 Å². The molecule has 0 N–H and O–H groups in total. The van der Waals surface area contributed by atoms with Crippen molar-refractivity contribution in [1.29, 1.82) is 0 Å². The van der Waals surface area contributed by atoms with Gasteiger partial charge >= 0.3 is 0 Å². The number of rotatable bonds is 3. The highest BCUT2D eigenvalue weighted by molar-refractivity contribution is 5.84. The molecule has 0 amide bonds. The van der Waals surface area contributed by atoms with Crippen molar-refractivity contribution in [3.05, 3.63) is 0 Å². The maximum atomic E-state index is 4.37. The first-order valence-electron chi connectivity index (χ1n) is 5.16. The van der Waals surface area contributed by atoms with E-state index in [1.807, 2.05) is 7.05 Å². The van der Waals surface area contributed by atoms with E-state index in [2.05, 4.69) is 51.4 Å². The van der Waals surface area contributed by atoms with Crippen LogP contribution in [0.15, 0.2) is 4.99 Å². The van der Waals surface area contributed by atoms with Gasteiger partial charge in [-0.25, -0.2) is 0 Å². The number of aliphatic imine (C=N–C) groups is 1. The fourth-order valence-corrected chi connectivity index (χ4v) is 1.80. The van der Waals surface area contributed by atoms with Crippen molar-refractivity contribution < 1.29 is 0 Å². The van der Waals surface area contributed by atoms with Gasteiger partial charge < -0.3 is 4.90 Å². The molecule has 13 heavy (non-hydrogen) atoms. The second-order valence-electron chi connectivity index (χ2n) is 4.33. The Hall–Kier alpha value is -0.530. The van der Waals surface area contributed by atoms with E-state index < -0.39 is 0 Å². The standard InChI is InChI=1S/C11H24N2/c1-8(2)11(12-7)13(9(3)4)10(5)6/h8-10H,1-7H3/b12-11-. The summed E-state index contributed by atoms with van der Waals surface area (Å²) >= 11 is 0. The minimum Gasteiger partial charge on any atom is -0.355 e. The number of hydrogen-bond donors (Lipinski definition) is 0. The molecule has 2 nitrogen and oxygen atoms in total.